The summed E-state index contributed by atoms with van der Waals surface area (Å²) in [5, 5.41) is 3.35. The number of alkyl carbamates (subject to hydrolysis) is 1. The van der Waals surface area contributed by atoms with E-state index < -0.39 is 29.3 Å². The average molecular weight is 486 g/mol. The number of amides is 1. The summed E-state index contributed by atoms with van der Waals surface area (Å²) in [5.74, 6) is -0.920. The van der Waals surface area contributed by atoms with E-state index in [0.29, 0.717) is 17.4 Å². The summed E-state index contributed by atoms with van der Waals surface area (Å²) in [6.45, 7) is 8.90. The monoisotopic (exact) mass is 485 g/mol. The van der Waals surface area contributed by atoms with Crippen LogP contribution in [0.4, 0.5) is 4.79 Å². The highest BCUT2D eigenvalue weighted by atomic mass is 35.5. The van der Waals surface area contributed by atoms with Gasteiger partial charge in [0.05, 0.1) is 5.02 Å². The maximum absolute atomic E-state index is 13.0. The Morgan fingerprint density at radius 1 is 1.12 bits per heavy atom. The topological polar surface area (TPSA) is 94.8 Å². The number of hydrogen-bond acceptors (Lipinski definition) is 6. The van der Waals surface area contributed by atoms with Crippen LogP contribution in [0.1, 0.15) is 41.0 Å². The van der Waals surface area contributed by atoms with Crippen molar-refractivity contribution in [3.8, 4) is 16.9 Å². The summed E-state index contributed by atoms with van der Waals surface area (Å²) in [4.78, 5) is 37.5. The van der Waals surface area contributed by atoms with E-state index >= 15 is 0 Å². The van der Waals surface area contributed by atoms with Crippen LogP contribution < -0.4 is 15.7 Å². The molecule has 3 aromatic rings. The molecule has 0 aliphatic rings. The van der Waals surface area contributed by atoms with Crippen LogP contribution in [0, 0.1) is 5.92 Å². The van der Waals surface area contributed by atoms with Gasteiger partial charge in [-0.2, -0.15) is 0 Å². The van der Waals surface area contributed by atoms with E-state index in [-0.39, 0.29) is 22.3 Å². The Hall–Kier alpha value is -3.32. The summed E-state index contributed by atoms with van der Waals surface area (Å²) in [7, 11) is 0. The first kappa shape index (κ1) is 25.3. The minimum absolute atomic E-state index is 0.0202. The fourth-order valence-corrected chi connectivity index (χ4v) is 3.58. The normalized spacial score (nSPS) is 13.2. The van der Waals surface area contributed by atoms with Crippen molar-refractivity contribution in [3.05, 3.63) is 64.0 Å². The van der Waals surface area contributed by atoms with Crippen LogP contribution in [0.5, 0.6) is 5.75 Å². The van der Waals surface area contributed by atoms with Gasteiger partial charge in [0.2, 0.25) is 0 Å². The summed E-state index contributed by atoms with van der Waals surface area (Å²) < 4.78 is 16.2. The molecule has 0 bridgehead atoms. The molecule has 8 heteroatoms. The van der Waals surface area contributed by atoms with E-state index in [0.717, 1.165) is 5.56 Å². The standard InChI is InChI=1S/C26H28ClNO6/c1-6-15(2)23(28-25(31)34-26(3,4)5)24(30)33-21-14-20-18(12-19(21)27)17(13-22(29)32-20)16-10-8-7-9-11-16/h7-15,23H,6H2,1-5H3,(H,28,31). The maximum Gasteiger partial charge on any atom is 0.408 e. The molecule has 7 nitrogen and oxygen atoms in total. The molecule has 2 aromatic carbocycles. The van der Waals surface area contributed by atoms with Crippen LogP contribution in [0.3, 0.4) is 0 Å². The van der Waals surface area contributed by atoms with Gasteiger partial charge in [0.25, 0.3) is 0 Å². The minimum Gasteiger partial charge on any atom is -0.444 e. The number of nitrogens with one attached hydrogen (secondary N) is 1. The first-order valence-corrected chi connectivity index (χ1v) is 11.4. The first-order valence-electron chi connectivity index (χ1n) is 11.0. The van der Waals surface area contributed by atoms with E-state index in [4.69, 9.17) is 25.5 Å². The molecule has 2 unspecified atom stereocenters. The van der Waals surface area contributed by atoms with Gasteiger partial charge in [0.1, 0.15) is 17.2 Å². The quantitative estimate of drug-likeness (QED) is 0.263. The Balaban J connectivity index is 1.93. The van der Waals surface area contributed by atoms with E-state index in [9.17, 15) is 14.4 Å². The van der Waals surface area contributed by atoms with Gasteiger partial charge in [0.15, 0.2) is 5.75 Å². The zero-order valence-corrected chi connectivity index (χ0v) is 20.6. The average Bonchev–Trinajstić information content (AvgIpc) is 2.76. The lowest BCUT2D eigenvalue weighted by Crippen LogP contribution is -2.48. The van der Waals surface area contributed by atoms with Crippen LogP contribution in [0.2, 0.25) is 5.02 Å². The highest BCUT2D eigenvalue weighted by Gasteiger charge is 2.30. The third kappa shape index (κ3) is 6.17. The number of carbonyl (C=O) groups excluding carboxylic acids is 2. The van der Waals surface area contributed by atoms with Crippen molar-refractivity contribution in [2.24, 2.45) is 5.92 Å². The number of carbonyl (C=O) groups is 2. The lowest BCUT2D eigenvalue weighted by atomic mass is 9.99. The molecule has 0 saturated heterocycles. The number of rotatable bonds is 6. The highest BCUT2D eigenvalue weighted by molar-refractivity contribution is 6.33. The first-order chi connectivity index (χ1) is 16.0. The molecule has 0 aliphatic heterocycles. The van der Waals surface area contributed by atoms with Crippen molar-refractivity contribution >= 4 is 34.6 Å². The molecule has 0 spiro atoms. The van der Waals surface area contributed by atoms with Gasteiger partial charge >= 0.3 is 17.7 Å². The van der Waals surface area contributed by atoms with Gasteiger partial charge in [-0.3, -0.25) is 0 Å². The molecular formula is C26H28ClNO6. The molecule has 3 rings (SSSR count). The second-order valence-electron chi connectivity index (χ2n) is 9.05. The molecule has 34 heavy (non-hydrogen) atoms. The summed E-state index contributed by atoms with van der Waals surface area (Å²) in [5.41, 5.74) is 0.424. The Labute approximate surface area is 203 Å². The number of halogens is 1. The summed E-state index contributed by atoms with van der Waals surface area (Å²) in [6, 6.07) is 12.8. The Bertz CT molecular complexity index is 1250. The fourth-order valence-electron chi connectivity index (χ4n) is 3.37. The van der Waals surface area contributed by atoms with Crippen LogP contribution >= 0.6 is 11.6 Å². The largest absolute Gasteiger partial charge is 0.444 e. The van der Waals surface area contributed by atoms with Crippen molar-refractivity contribution in [1.29, 1.82) is 0 Å². The molecule has 0 aliphatic carbocycles. The SMILES string of the molecule is CCC(C)C(NC(=O)OC(C)(C)C)C(=O)Oc1cc2oc(=O)cc(-c3ccccc3)c2cc1Cl. The molecule has 2 atom stereocenters. The smallest absolute Gasteiger partial charge is 0.408 e. The number of esters is 1. The molecule has 1 amide bonds. The maximum atomic E-state index is 13.0. The predicted molar refractivity (Wildman–Crippen MR) is 131 cm³/mol. The Kier molecular flexibility index (Phi) is 7.67. The molecular weight excluding hydrogens is 458 g/mol. The van der Waals surface area contributed by atoms with Crippen LogP contribution in [0.25, 0.3) is 22.1 Å². The zero-order valence-electron chi connectivity index (χ0n) is 19.8. The predicted octanol–water partition coefficient (Wildman–Crippen LogP) is 5.96. The second-order valence-corrected chi connectivity index (χ2v) is 9.46. The van der Waals surface area contributed by atoms with Crippen LogP contribution in [0.15, 0.2) is 57.7 Å². The van der Waals surface area contributed by atoms with Gasteiger partial charge in [-0.1, -0.05) is 62.2 Å². The summed E-state index contributed by atoms with van der Waals surface area (Å²) >= 11 is 6.45. The van der Waals surface area contributed by atoms with Gasteiger partial charge in [-0.05, 0) is 43.9 Å². The van der Waals surface area contributed by atoms with Gasteiger partial charge in [0, 0.05) is 17.5 Å². The highest BCUT2D eigenvalue weighted by Crippen LogP contribution is 2.35. The fraction of sp³-hybridized carbons (Fsp3) is 0.346. The molecule has 1 heterocycles. The second kappa shape index (κ2) is 10.3. The van der Waals surface area contributed by atoms with Gasteiger partial charge < -0.3 is 19.2 Å². The van der Waals surface area contributed by atoms with Crippen LogP contribution in [-0.4, -0.2) is 23.7 Å². The van der Waals surface area contributed by atoms with E-state index in [2.05, 4.69) is 5.32 Å². The summed E-state index contributed by atoms with van der Waals surface area (Å²) in [6.07, 6.45) is -0.117. The van der Waals surface area contributed by atoms with E-state index in [1.165, 1.54) is 12.1 Å². The van der Waals surface area contributed by atoms with Crippen molar-refractivity contribution in [2.45, 2.75) is 52.7 Å². The Morgan fingerprint density at radius 3 is 2.41 bits per heavy atom. The number of hydrogen-bond donors (Lipinski definition) is 1. The third-order valence-corrected chi connectivity index (χ3v) is 5.53. The van der Waals surface area contributed by atoms with Crippen molar-refractivity contribution < 1.29 is 23.5 Å². The molecule has 0 radical (unpaired) electrons. The van der Waals surface area contributed by atoms with Crippen LogP contribution in [-0.2, 0) is 9.53 Å². The van der Waals surface area contributed by atoms with Crippen molar-refractivity contribution in [3.63, 3.8) is 0 Å². The lowest BCUT2D eigenvalue weighted by molar-refractivity contribution is -0.138. The number of fused-ring (bicyclic) bond motifs is 1. The molecule has 0 saturated carbocycles. The zero-order chi connectivity index (χ0) is 25.0. The molecule has 1 aromatic heterocycles. The van der Waals surface area contributed by atoms with Crippen molar-refractivity contribution in [1.82, 2.24) is 5.32 Å². The number of ether oxygens (including phenoxy) is 2. The number of benzene rings is 2. The van der Waals surface area contributed by atoms with Gasteiger partial charge in [-0.15, -0.1) is 0 Å². The molecule has 1 N–H and O–H groups in total. The van der Waals surface area contributed by atoms with E-state index in [1.54, 1.807) is 26.8 Å². The molecule has 180 valence electrons. The molecule has 0 fully saturated rings. The van der Waals surface area contributed by atoms with Crippen molar-refractivity contribution in [2.75, 3.05) is 0 Å². The van der Waals surface area contributed by atoms with E-state index in [1.807, 2.05) is 44.2 Å². The van der Waals surface area contributed by atoms with Gasteiger partial charge in [-0.25, -0.2) is 14.4 Å². The third-order valence-electron chi connectivity index (χ3n) is 5.23. The Morgan fingerprint density at radius 2 is 1.79 bits per heavy atom. The minimum atomic E-state index is -0.964. The lowest BCUT2D eigenvalue weighted by Gasteiger charge is -2.25.